The lowest BCUT2D eigenvalue weighted by atomic mass is 10.1. The molecule has 42 heavy (non-hydrogen) atoms. The van der Waals surface area contributed by atoms with E-state index in [1.165, 1.54) is 18.3 Å². The highest BCUT2D eigenvalue weighted by Crippen LogP contribution is 2.45. The van der Waals surface area contributed by atoms with E-state index in [0.29, 0.717) is 58.1 Å². The molecule has 2 aromatic carbocycles. The third-order valence-corrected chi connectivity index (χ3v) is 8.97. The maximum absolute atomic E-state index is 13.9. The van der Waals surface area contributed by atoms with Gasteiger partial charge in [-0.15, -0.1) is 0 Å². The van der Waals surface area contributed by atoms with Gasteiger partial charge in [-0.3, -0.25) is 4.79 Å². The lowest BCUT2D eigenvalue weighted by molar-refractivity contribution is 0.242. The van der Waals surface area contributed by atoms with E-state index < -0.39 is 17.2 Å². The first-order valence-corrected chi connectivity index (χ1v) is 14.8. The molecule has 10 nitrogen and oxygen atoms in total. The highest BCUT2D eigenvalue weighted by atomic mass is 32.2. The molecule has 3 fully saturated rings. The van der Waals surface area contributed by atoms with Crippen LogP contribution < -0.4 is 29.3 Å². The van der Waals surface area contributed by atoms with Crippen molar-refractivity contribution < 1.29 is 18.3 Å². The Balaban J connectivity index is 1.12. The van der Waals surface area contributed by atoms with E-state index in [0.717, 1.165) is 52.7 Å². The number of methoxy groups -OCH3 is 1. The molecule has 0 bridgehead atoms. The lowest BCUT2D eigenvalue weighted by Crippen LogP contribution is -2.45. The van der Waals surface area contributed by atoms with Gasteiger partial charge in [0.25, 0.3) is 0 Å². The summed E-state index contributed by atoms with van der Waals surface area (Å²) < 4.78 is 45.7. The van der Waals surface area contributed by atoms with Gasteiger partial charge in [0.1, 0.15) is 41.8 Å². The van der Waals surface area contributed by atoms with Crippen LogP contribution >= 0.6 is 12.1 Å². The van der Waals surface area contributed by atoms with Crippen LogP contribution in [0.15, 0.2) is 47.4 Å². The van der Waals surface area contributed by atoms with Crippen LogP contribution in [0.2, 0.25) is 0 Å². The third kappa shape index (κ3) is 6.25. The second-order valence-electron chi connectivity index (χ2n) is 11.5. The Hall–Kier alpha value is -3.23. The Kier molecular flexibility index (Phi) is 7.87. The minimum atomic E-state index is -0.791. The van der Waals surface area contributed by atoms with Crippen molar-refractivity contribution in [2.45, 2.75) is 26.3 Å². The fourth-order valence-corrected chi connectivity index (χ4v) is 5.72. The first-order valence-electron chi connectivity index (χ1n) is 14.0. The summed E-state index contributed by atoms with van der Waals surface area (Å²) in [6.45, 7) is 6.88. The number of hydrogen-bond donors (Lipinski definition) is 1. The van der Waals surface area contributed by atoms with Gasteiger partial charge >= 0.3 is 5.56 Å². The van der Waals surface area contributed by atoms with Gasteiger partial charge in [-0.25, -0.2) is 17.8 Å². The van der Waals surface area contributed by atoms with Gasteiger partial charge in [-0.05, 0) is 31.0 Å². The Morgan fingerprint density at radius 3 is 2.45 bits per heavy atom. The number of benzene rings is 2. The van der Waals surface area contributed by atoms with Gasteiger partial charge in [0.05, 0.1) is 25.6 Å². The number of piperazine rings is 1. The topological polar surface area (TPSA) is 94.9 Å². The van der Waals surface area contributed by atoms with Crippen molar-refractivity contribution >= 4 is 23.5 Å². The number of aromatic nitrogens is 2. The van der Waals surface area contributed by atoms with Crippen molar-refractivity contribution in [3.63, 3.8) is 0 Å². The zero-order valence-electron chi connectivity index (χ0n) is 23.6. The molecule has 0 atom stereocenters. The van der Waals surface area contributed by atoms with Crippen molar-refractivity contribution in [3.8, 4) is 17.2 Å². The Morgan fingerprint density at radius 2 is 1.81 bits per heavy atom. The van der Waals surface area contributed by atoms with Crippen LogP contribution in [0.4, 0.5) is 20.2 Å². The predicted octanol–water partition coefficient (Wildman–Crippen LogP) is 3.99. The molecule has 2 saturated heterocycles. The number of nitrogens with one attached hydrogen (secondary N) is 1. The quantitative estimate of drug-likeness (QED) is 0.152. The van der Waals surface area contributed by atoms with E-state index in [2.05, 4.69) is 25.9 Å². The van der Waals surface area contributed by atoms with Gasteiger partial charge in [0, 0.05) is 74.0 Å². The smallest absolute Gasteiger partial charge is 0.316 e. The van der Waals surface area contributed by atoms with Crippen molar-refractivity contribution in [2.75, 3.05) is 57.9 Å². The van der Waals surface area contributed by atoms with Gasteiger partial charge in [-0.1, -0.05) is 6.92 Å². The number of ether oxygens (including phenoxy) is 2. The van der Waals surface area contributed by atoms with Crippen LogP contribution in [0.5, 0.6) is 11.5 Å². The first-order chi connectivity index (χ1) is 20.2. The fourth-order valence-electron chi connectivity index (χ4n) is 4.97. The molecule has 2 aliphatic heterocycles. The van der Waals surface area contributed by atoms with Crippen LogP contribution in [-0.2, 0) is 6.54 Å². The van der Waals surface area contributed by atoms with Gasteiger partial charge in [0.15, 0.2) is 0 Å². The molecule has 1 aromatic heterocycles. The maximum Gasteiger partial charge on any atom is 0.316 e. The van der Waals surface area contributed by atoms with Crippen LogP contribution in [0.1, 0.15) is 25.3 Å². The fraction of sp³-hybridized carbons (Fsp3) is 0.448. The van der Waals surface area contributed by atoms with Crippen molar-refractivity contribution in [2.24, 2.45) is 5.41 Å². The summed E-state index contributed by atoms with van der Waals surface area (Å²) in [6, 6.07) is 8.50. The van der Waals surface area contributed by atoms with E-state index >= 15 is 0 Å². The van der Waals surface area contributed by atoms with Gasteiger partial charge in [-0.2, -0.15) is 9.78 Å². The van der Waals surface area contributed by atoms with E-state index in [1.807, 2.05) is 18.2 Å². The summed E-state index contributed by atoms with van der Waals surface area (Å²) in [7, 11) is 1.62. The van der Waals surface area contributed by atoms with E-state index in [4.69, 9.17) is 9.47 Å². The number of hydrogen-bond acceptors (Lipinski definition) is 9. The molecule has 0 unspecified atom stereocenters. The highest BCUT2D eigenvalue weighted by molar-refractivity contribution is 7.95. The zero-order chi connectivity index (χ0) is 29.5. The molecule has 1 saturated carbocycles. The maximum atomic E-state index is 13.9. The summed E-state index contributed by atoms with van der Waals surface area (Å²) in [5.74, 6) is -0.707. The molecule has 13 heteroatoms. The van der Waals surface area contributed by atoms with Crippen LogP contribution in [-0.4, -0.2) is 67.1 Å². The second-order valence-corrected chi connectivity index (χ2v) is 12.5. The van der Waals surface area contributed by atoms with Crippen LogP contribution in [0.3, 0.4) is 0 Å². The van der Waals surface area contributed by atoms with Crippen molar-refractivity contribution in [1.29, 1.82) is 0 Å². The monoisotopic (exact) mass is 600 g/mol. The summed E-state index contributed by atoms with van der Waals surface area (Å²) in [5.41, 5.74) is 1.72. The lowest BCUT2D eigenvalue weighted by Gasteiger charge is -2.35. The molecular formula is C29H34F2N6O4S. The minimum Gasteiger partial charge on any atom is -0.627 e. The standard InChI is InChI=1S/C29H34F2N6O4S/c1-29(5-6-29)19-41-27-25(18-32-36(28(27)38)23-15-21(30)14-22(31)16-23)34-7-9-35(10-8-34)42-33-17-20-13-24(37(39)11-12-37)3-4-26(20)40-2/h3-4,13-16,18,33H,5-12,17,19H2,1-2H3. The summed E-state index contributed by atoms with van der Waals surface area (Å²) in [4.78, 5) is 15.6. The number of anilines is 1. The summed E-state index contributed by atoms with van der Waals surface area (Å²) >= 11 is 1.50. The number of nitrogens with zero attached hydrogens (tertiary/aromatic N) is 5. The highest BCUT2D eigenvalue weighted by Gasteiger charge is 2.39. The molecule has 1 aliphatic carbocycles. The molecule has 0 radical (unpaired) electrons. The van der Waals surface area contributed by atoms with Crippen molar-refractivity contribution in [1.82, 2.24) is 23.5 Å². The molecule has 0 amide bonds. The van der Waals surface area contributed by atoms with Gasteiger partial charge < -0.3 is 24.2 Å². The number of halogens is 2. The number of quaternary nitrogens is 1. The zero-order valence-corrected chi connectivity index (χ0v) is 24.5. The SMILES string of the molecule is COc1ccc([N+]2([O-])CC2)cc1CNSN1CCN(c2cnn(-c3cc(F)cc(F)c3)c(=O)c2OCC2(C)CC2)CC1. The average molecular weight is 601 g/mol. The molecule has 3 aliphatic rings. The van der Waals surface area contributed by atoms with Gasteiger partial charge in [0.2, 0.25) is 5.75 Å². The summed E-state index contributed by atoms with van der Waals surface area (Å²) in [6.07, 6.45) is 3.58. The van der Waals surface area contributed by atoms with Crippen molar-refractivity contribution in [3.05, 3.63) is 75.4 Å². The molecule has 224 valence electrons. The minimum absolute atomic E-state index is 0.00231. The van der Waals surface area contributed by atoms with E-state index in [1.54, 1.807) is 7.11 Å². The molecular weight excluding hydrogens is 566 g/mol. The predicted molar refractivity (Wildman–Crippen MR) is 159 cm³/mol. The Bertz CT molecular complexity index is 1500. The molecule has 3 aromatic rings. The molecule has 6 rings (SSSR count). The van der Waals surface area contributed by atoms with Crippen LogP contribution in [0.25, 0.3) is 5.69 Å². The largest absolute Gasteiger partial charge is 0.627 e. The molecule has 1 N–H and O–H groups in total. The van der Waals surface area contributed by atoms with E-state index in [9.17, 15) is 18.8 Å². The third-order valence-electron chi connectivity index (χ3n) is 8.08. The second kappa shape index (κ2) is 11.5. The first kappa shape index (κ1) is 28.9. The Morgan fingerprint density at radius 1 is 1.10 bits per heavy atom. The molecule has 0 spiro atoms. The van der Waals surface area contributed by atoms with Crippen LogP contribution in [0, 0.1) is 22.3 Å². The Labute approximate surface area is 247 Å². The normalized spacial score (nSPS) is 19.0. The average Bonchev–Trinajstić information content (AvgIpc) is 3.90. The number of rotatable bonds is 11. The summed E-state index contributed by atoms with van der Waals surface area (Å²) in [5, 5.41) is 16.7. The number of hydroxylamine groups is 2. The van der Waals surface area contributed by atoms with E-state index in [-0.39, 0.29) is 21.5 Å². The molecule has 3 heterocycles.